The highest BCUT2D eigenvalue weighted by Gasteiger charge is 2.17. The molecule has 0 aliphatic carbocycles. The van der Waals surface area contributed by atoms with Crippen LogP contribution in [0.15, 0.2) is 77.3 Å². The van der Waals surface area contributed by atoms with Crippen LogP contribution in [0.5, 0.6) is 11.5 Å². The molecule has 1 atom stereocenters. The lowest BCUT2D eigenvalue weighted by atomic mass is 10.2. The fourth-order valence-corrected chi connectivity index (χ4v) is 3.08. The Morgan fingerprint density at radius 3 is 2.31 bits per heavy atom. The third kappa shape index (κ3) is 4.90. The Balaban J connectivity index is 1.40. The number of nitrogens with one attached hydrogen (secondary N) is 1. The summed E-state index contributed by atoms with van der Waals surface area (Å²) in [5, 5.41) is 7.48. The van der Waals surface area contributed by atoms with Gasteiger partial charge in [-0.2, -0.15) is 4.98 Å². The third-order valence-corrected chi connectivity index (χ3v) is 4.92. The van der Waals surface area contributed by atoms with Crippen LogP contribution in [0.1, 0.15) is 6.92 Å². The summed E-state index contributed by atoms with van der Waals surface area (Å²) in [6.45, 7) is 1.67. The number of para-hydroxylation sites is 2. The molecule has 0 saturated carbocycles. The summed E-state index contributed by atoms with van der Waals surface area (Å²) in [6.07, 6.45) is -0.719. The second-order valence-electron chi connectivity index (χ2n) is 6.91. The molecule has 32 heavy (non-hydrogen) atoms. The van der Waals surface area contributed by atoms with E-state index in [4.69, 9.17) is 25.6 Å². The van der Waals surface area contributed by atoms with Crippen molar-refractivity contribution in [1.82, 2.24) is 10.1 Å². The van der Waals surface area contributed by atoms with Crippen molar-refractivity contribution in [2.24, 2.45) is 0 Å². The minimum absolute atomic E-state index is 0.286. The van der Waals surface area contributed by atoms with Crippen LogP contribution in [0.4, 0.5) is 5.69 Å². The van der Waals surface area contributed by atoms with Gasteiger partial charge in [0.25, 0.3) is 11.8 Å². The predicted molar refractivity (Wildman–Crippen MR) is 122 cm³/mol. The number of rotatable bonds is 7. The molecule has 4 rings (SSSR count). The van der Waals surface area contributed by atoms with Gasteiger partial charge in [-0.15, -0.1) is 0 Å². The van der Waals surface area contributed by atoms with Crippen LogP contribution in [0.2, 0.25) is 5.02 Å². The van der Waals surface area contributed by atoms with Crippen LogP contribution < -0.4 is 14.8 Å². The van der Waals surface area contributed by atoms with Gasteiger partial charge in [-0.1, -0.05) is 28.9 Å². The van der Waals surface area contributed by atoms with Gasteiger partial charge in [0.1, 0.15) is 0 Å². The molecule has 0 saturated heterocycles. The number of ether oxygens (including phenoxy) is 2. The smallest absolute Gasteiger partial charge is 0.265 e. The standard InChI is InChI=1S/C24H20ClN3O4/c1-15(31-21-6-4-3-5-20(21)30-2)23(29)26-19-13-9-17(10-14-19)24-27-22(28-32-24)16-7-11-18(25)12-8-16/h3-15H,1-2H3,(H,26,29). The predicted octanol–water partition coefficient (Wildman–Crippen LogP) is 5.47. The second-order valence-corrected chi connectivity index (χ2v) is 7.34. The molecule has 7 nitrogen and oxygen atoms in total. The van der Waals surface area contributed by atoms with Crippen molar-refractivity contribution >= 4 is 23.2 Å². The van der Waals surface area contributed by atoms with Gasteiger partial charge in [-0.25, -0.2) is 0 Å². The van der Waals surface area contributed by atoms with Gasteiger partial charge in [-0.05, 0) is 67.6 Å². The van der Waals surface area contributed by atoms with E-state index in [-0.39, 0.29) is 5.91 Å². The first-order valence-corrected chi connectivity index (χ1v) is 10.2. The Kier molecular flexibility index (Phi) is 6.37. The van der Waals surface area contributed by atoms with Gasteiger partial charge in [-0.3, -0.25) is 4.79 Å². The van der Waals surface area contributed by atoms with E-state index in [9.17, 15) is 4.79 Å². The van der Waals surface area contributed by atoms with Crippen molar-refractivity contribution in [2.75, 3.05) is 12.4 Å². The minimum atomic E-state index is -0.719. The fraction of sp³-hybridized carbons (Fsp3) is 0.125. The van der Waals surface area contributed by atoms with E-state index in [1.807, 2.05) is 24.3 Å². The zero-order valence-electron chi connectivity index (χ0n) is 17.4. The Morgan fingerprint density at radius 1 is 0.969 bits per heavy atom. The topological polar surface area (TPSA) is 86.5 Å². The minimum Gasteiger partial charge on any atom is -0.493 e. The molecule has 1 heterocycles. The summed E-state index contributed by atoms with van der Waals surface area (Å²) in [7, 11) is 1.55. The molecule has 162 valence electrons. The summed E-state index contributed by atoms with van der Waals surface area (Å²) >= 11 is 5.92. The molecule has 0 aliphatic heterocycles. The van der Waals surface area contributed by atoms with Crippen LogP contribution >= 0.6 is 11.6 Å². The summed E-state index contributed by atoms with van der Waals surface area (Å²) in [5.74, 6) is 1.62. The van der Waals surface area contributed by atoms with Crippen molar-refractivity contribution in [1.29, 1.82) is 0 Å². The maximum atomic E-state index is 12.5. The van der Waals surface area contributed by atoms with Crippen molar-refractivity contribution in [3.63, 3.8) is 0 Å². The van der Waals surface area contributed by atoms with E-state index >= 15 is 0 Å². The average molecular weight is 450 g/mol. The van der Waals surface area contributed by atoms with Crippen LogP contribution in [0.3, 0.4) is 0 Å². The van der Waals surface area contributed by atoms with E-state index in [0.717, 1.165) is 11.1 Å². The van der Waals surface area contributed by atoms with E-state index in [1.165, 1.54) is 0 Å². The van der Waals surface area contributed by atoms with E-state index in [1.54, 1.807) is 62.6 Å². The molecule has 0 radical (unpaired) electrons. The number of carbonyl (C=O) groups is 1. The molecule has 0 fully saturated rings. The number of nitrogens with zero attached hydrogens (tertiary/aromatic N) is 2. The third-order valence-electron chi connectivity index (χ3n) is 4.67. The van der Waals surface area contributed by atoms with Gasteiger partial charge >= 0.3 is 0 Å². The van der Waals surface area contributed by atoms with Crippen molar-refractivity contribution in [3.05, 3.63) is 77.8 Å². The molecule has 0 spiro atoms. The summed E-state index contributed by atoms with van der Waals surface area (Å²) in [5.41, 5.74) is 2.15. The molecule has 1 amide bonds. The highest BCUT2D eigenvalue weighted by atomic mass is 35.5. The van der Waals surface area contributed by atoms with Crippen LogP contribution in [-0.4, -0.2) is 29.3 Å². The summed E-state index contributed by atoms with van der Waals surface area (Å²) in [6, 6.07) is 21.5. The Labute approximate surface area is 189 Å². The second kappa shape index (κ2) is 9.53. The fourth-order valence-electron chi connectivity index (χ4n) is 2.96. The number of benzene rings is 3. The molecule has 0 bridgehead atoms. The largest absolute Gasteiger partial charge is 0.493 e. The number of aromatic nitrogens is 2. The van der Waals surface area contributed by atoms with Crippen molar-refractivity contribution in [2.45, 2.75) is 13.0 Å². The highest BCUT2D eigenvalue weighted by Crippen LogP contribution is 2.27. The van der Waals surface area contributed by atoms with E-state index in [0.29, 0.717) is 33.9 Å². The zero-order chi connectivity index (χ0) is 22.5. The number of hydrogen-bond donors (Lipinski definition) is 1. The van der Waals surface area contributed by atoms with Gasteiger partial charge in [0, 0.05) is 21.8 Å². The summed E-state index contributed by atoms with van der Waals surface area (Å²) < 4.78 is 16.4. The number of methoxy groups -OCH3 is 1. The van der Waals surface area contributed by atoms with Gasteiger partial charge in [0.2, 0.25) is 5.82 Å². The molecular formula is C24H20ClN3O4. The lowest BCUT2D eigenvalue weighted by molar-refractivity contribution is -0.122. The van der Waals surface area contributed by atoms with Crippen LogP contribution in [0.25, 0.3) is 22.8 Å². The first-order chi connectivity index (χ1) is 15.5. The number of carbonyl (C=O) groups excluding carboxylic acids is 1. The monoisotopic (exact) mass is 449 g/mol. The first kappa shape index (κ1) is 21.4. The quantitative estimate of drug-likeness (QED) is 0.402. The summed E-state index contributed by atoms with van der Waals surface area (Å²) in [4.78, 5) is 17.0. The average Bonchev–Trinajstić information content (AvgIpc) is 3.30. The maximum absolute atomic E-state index is 12.5. The SMILES string of the molecule is COc1ccccc1OC(C)C(=O)Nc1ccc(-c2nc(-c3ccc(Cl)cc3)no2)cc1. The van der Waals surface area contributed by atoms with Crippen LogP contribution in [0, 0.1) is 0 Å². The number of amides is 1. The Bertz CT molecular complexity index is 1210. The highest BCUT2D eigenvalue weighted by molar-refractivity contribution is 6.30. The molecule has 1 aromatic heterocycles. The Morgan fingerprint density at radius 2 is 1.62 bits per heavy atom. The molecule has 8 heteroatoms. The van der Waals surface area contributed by atoms with Crippen LogP contribution in [-0.2, 0) is 4.79 Å². The zero-order valence-corrected chi connectivity index (χ0v) is 18.2. The molecule has 3 aromatic carbocycles. The van der Waals surface area contributed by atoms with Crippen molar-refractivity contribution in [3.8, 4) is 34.3 Å². The van der Waals surface area contributed by atoms with E-state index in [2.05, 4.69) is 15.5 Å². The van der Waals surface area contributed by atoms with Gasteiger partial charge < -0.3 is 19.3 Å². The normalized spacial score (nSPS) is 11.6. The number of halogens is 1. The molecule has 0 aliphatic rings. The lowest BCUT2D eigenvalue weighted by Gasteiger charge is -2.16. The molecular weight excluding hydrogens is 430 g/mol. The maximum Gasteiger partial charge on any atom is 0.265 e. The molecule has 4 aromatic rings. The number of hydrogen-bond acceptors (Lipinski definition) is 6. The van der Waals surface area contributed by atoms with Gasteiger partial charge in [0.05, 0.1) is 7.11 Å². The first-order valence-electron chi connectivity index (χ1n) is 9.84. The van der Waals surface area contributed by atoms with Crippen molar-refractivity contribution < 1.29 is 18.8 Å². The van der Waals surface area contributed by atoms with Gasteiger partial charge in [0.15, 0.2) is 17.6 Å². The lowest BCUT2D eigenvalue weighted by Crippen LogP contribution is -2.30. The number of anilines is 1. The van der Waals surface area contributed by atoms with E-state index < -0.39 is 6.10 Å². The molecule has 1 N–H and O–H groups in total. The Hall–Kier alpha value is -3.84. The molecule has 1 unspecified atom stereocenters.